The fraction of sp³-hybridized carbons (Fsp3) is 0.625. The molecule has 1 fully saturated rings. The van der Waals surface area contributed by atoms with Crippen molar-refractivity contribution in [3.63, 3.8) is 0 Å². The van der Waals surface area contributed by atoms with Gasteiger partial charge in [0.05, 0.1) is 0 Å². The van der Waals surface area contributed by atoms with Crippen molar-refractivity contribution in [1.29, 1.82) is 0 Å². The third-order valence-corrected chi connectivity index (χ3v) is 4.23. The van der Waals surface area contributed by atoms with Gasteiger partial charge in [-0.2, -0.15) is 0 Å². The summed E-state index contributed by atoms with van der Waals surface area (Å²) in [5, 5.41) is 3.55. The van der Waals surface area contributed by atoms with Gasteiger partial charge in [-0.25, -0.2) is 4.39 Å². The fourth-order valence-corrected chi connectivity index (χ4v) is 2.90. The summed E-state index contributed by atoms with van der Waals surface area (Å²) >= 11 is 0. The van der Waals surface area contributed by atoms with E-state index < -0.39 is 0 Å². The van der Waals surface area contributed by atoms with Gasteiger partial charge in [0.1, 0.15) is 5.82 Å². The van der Waals surface area contributed by atoms with Crippen LogP contribution in [0.25, 0.3) is 0 Å². The van der Waals surface area contributed by atoms with Gasteiger partial charge in [-0.1, -0.05) is 44.9 Å². The Kier molecular flexibility index (Phi) is 4.58. The minimum Gasteiger partial charge on any atom is -0.326 e. The van der Waals surface area contributed by atoms with Crippen molar-refractivity contribution in [3.05, 3.63) is 35.6 Å². The Morgan fingerprint density at radius 3 is 2.63 bits per heavy atom. The van der Waals surface area contributed by atoms with Gasteiger partial charge in [0.25, 0.3) is 0 Å². The number of benzene rings is 1. The molecule has 2 rings (SSSR count). The summed E-state index contributed by atoms with van der Waals surface area (Å²) in [6.45, 7) is 4.91. The molecule has 1 aromatic rings. The molecule has 0 radical (unpaired) electrons. The maximum Gasteiger partial charge on any atom is 0.126 e. The summed E-state index contributed by atoms with van der Waals surface area (Å²) in [6.07, 6.45) is 4.70. The molecule has 0 bridgehead atoms. The molecule has 106 valence electrons. The Morgan fingerprint density at radius 1 is 1.26 bits per heavy atom. The lowest BCUT2D eigenvalue weighted by atomic mass is 9.83. The van der Waals surface area contributed by atoms with Gasteiger partial charge < -0.3 is 11.1 Å². The second-order valence-corrected chi connectivity index (χ2v) is 6.30. The maximum atomic E-state index is 13.9. The molecule has 0 spiro atoms. The quantitative estimate of drug-likeness (QED) is 0.877. The summed E-state index contributed by atoms with van der Waals surface area (Å²) < 4.78 is 13.9. The third-order valence-electron chi connectivity index (χ3n) is 4.23. The number of hydrogen-bond donors (Lipinski definition) is 2. The number of nitrogens with one attached hydrogen (secondary N) is 1. The lowest BCUT2D eigenvalue weighted by molar-refractivity contribution is 0.303. The van der Waals surface area contributed by atoms with Crippen molar-refractivity contribution < 1.29 is 4.39 Å². The molecule has 1 aliphatic carbocycles. The van der Waals surface area contributed by atoms with E-state index in [4.69, 9.17) is 5.73 Å². The lowest BCUT2D eigenvalue weighted by Crippen LogP contribution is -2.50. The zero-order valence-corrected chi connectivity index (χ0v) is 12.0. The maximum absolute atomic E-state index is 13.9. The molecule has 0 amide bonds. The second kappa shape index (κ2) is 6.02. The normalized spacial score (nSPS) is 24.4. The molecular formula is C16H25FN2. The molecule has 1 aromatic carbocycles. The zero-order valence-electron chi connectivity index (χ0n) is 12.0. The van der Waals surface area contributed by atoms with Crippen molar-refractivity contribution in [2.45, 2.75) is 57.0 Å². The van der Waals surface area contributed by atoms with Crippen molar-refractivity contribution in [2.75, 3.05) is 6.54 Å². The number of rotatable bonds is 4. The number of hydrogen-bond acceptors (Lipinski definition) is 2. The van der Waals surface area contributed by atoms with E-state index in [0.717, 1.165) is 24.9 Å². The first-order valence-corrected chi connectivity index (χ1v) is 7.25. The van der Waals surface area contributed by atoms with E-state index >= 15 is 0 Å². The molecule has 0 heterocycles. The summed E-state index contributed by atoms with van der Waals surface area (Å²) in [6, 6.07) is 7.65. The van der Waals surface area contributed by atoms with Crippen LogP contribution in [0.5, 0.6) is 0 Å². The van der Waals surface area contributed by atoms with Crippen molar-refractivity contribution in [2.24, 2.45) is 5.73 Å². The molecule has 3 heteroatoms. The van der Waals surface area contributed by atoms with E-state index in [2.05, 4.69) is 19.2 Å². The molecule has 1 aliphatic rings. The van der Waals surface area contributed by atoms with Gasteiger partial charge in [0.2, 0.25) is 0 Å². The molecule has 3 N–H and O–H groups in total. The van der Waals surface area contributed by atoms with Crippen LogP contribution in [0.15, 0.2) is 24.3 Å². The summed E-state index contributed by atoms with van der Waals surface area (Å²) in [5.41, 5.74) is 6.69. The van der Waals surface area contributed by atoms with E-state index in [0.29, 0.717) is 6.04 Å². The van der Waals surface area contributed by atoms with Crippen LogP contribution in [0.4, 0.5) is 4.39 Å². The van der Waals surface area contributed by atoms with Gasteiger partial charge in [0, 0.05) is 24.0 Å². The van der Waals surface area contributed by atoms with Crippen LogP contribution in [-0.2, 0) is 5.41 Å². The predicted molar refractivity (Wildman–Crippen MR) is 77.7 cm³/mol. The lowest BCUT2D eigenvalue weighted by Gasteiger charge is -2.34. The van der Waals surface area contributed by atoms with Crippen LogP contribution in [-0.4, -0.2) is 18.6 Å². The molecule has 2 atom stereocenters. The highest BCUT2D eigenvalue weighted by Gasteiger charge is 2.27. The van der Waals surface area contributed by atoms with Crippen LogP contribution >= 0.6 is 0 Å². The Labute approximate surface area is 115 Å². The van der Waals surface area contributed by atoms with Crippen LogP contribution in [0.2, 0.25) is 0 Å². The minimum absolute atomic E-state index is 0.123. The highest BCUT2D eigenvalue weighted by atomic mass is 19.1. The molecule has 1 saturated carbocycles. The van der Waals surface area contributed by atoms with Gasteiger partial charge in [0.15, 0.2) is 0 Å². The summed E-state index contributed by atoms with van der Waals surface area (Å²) in [5.74, 6) is -0.123. The summed E-state index contributed by atoms with van der Waals surface area (Å²) in [7, 11) is 0. The molecule has 0 aromatic heterocycles. The summed E-state index contributed by atoms with van der Waals surface area (Å²) in [4.78, 5) is 0. The van der Waals surface area contributed by atoms with Gasteiger partial charge in [-0.15, -0.1) is 0 Å². The smallest absolute Gasteiger partial charge is 0.126 e. The van der Waals surface area contributed by atoms with E-state index in [9.17, 15) is 4.39 Å². The number of nitrogens with two attached hydrogens (primary N) is 1. The largest absolute Gasteiger partial charge is 0.326 e. The molecule has 19 heavy (non-hydrogen) atoms. The van der Waals surface area contributed by atoms with E-state index in [1.807, 2.05) is 12.1 Å². The third kappa shape index (κ3) is 3.54. The average molecular weight is 264 g/mol. The fourth-order valence-electron chi connectivity index (χ4n) is 2.90. The monoisotopic (exact) mass is 264 g/mol. The van der Waals surface area contributed by atoms with Gasteiger partial charge >= 0.3 is 0 Å². The molecular weight excluding hydrogens is 239 g/mol. The Morgan fingerprint density at radius 2 is 1.95 bits per heavy atom. The minimum atomic E-state index is -0.220. The predicted octanol–water partition coefficient (Wildman–Crippen LogP) is 2.96. The van der Waals surface area contributed by atoms with Gasteiger partial charge in [-0.05, 0) is 24.5 Å². The number of halogens is 1. The van der Waals surface area contributed by atoms with Crippen LogP contribution < -0.4 is 11.1 Å². The molecule has 0 aliphatic heterocycles. The van der Waals surface area contributed by atoms with Gasteiger partial charge in [-0.3, -0.25) is 0 Å². The van der Waals surface area contributed by atoms with E-state index in [1.54, 1.807) is 6.07 Å². The Hall–Kier alpha value is -0.930. The van der Waals surface area contributed by atoms with Crippen LogP contribution in [0, 0.1) is 5.82 Å². The topological polar surface area (TPSA) is 38.0 Å². The van der Waals surface area contributed by atoms with Crippen LogP contribution in [0.1, 0.15) is 45.1 Å². The van der Waals surface area contributed by atoms with Crippen molar-refractivity contribution in [3.8, 4) is 0 Å². The zero-order chi connectivity index (χ0) is 13.9. The first-order valence-electron chi connectivity index (χ1n) is 7.25. The van der Waals surface area contributed by atoms with E-state index in [1.165, 1.54) is 18.9 Å². The molecule has 0 saturated heterocycles. The molecule has 2 nitrogen and oxygen atoms in total. The second-order valence-electron chi connectivity index (χ2n) is 6.30. The standard InChI is InChI=1S/C16H25FN2/c1-16(2,12-7-3-4-8-13(12)17)11-19-15-10-6-5-9-14(15)18/h3-4,7-8,14-15,19H,5-6,9-11,18H2,1-2H3. The first kappa shape index (κ1) is 14.5. The highest BCUT2D eigenvalue weighted by molar-refractivity contribution is 5.26. The van der Waals surface area contributed by atoms with Crippen LogP contribution in [0.3, 0.4) is 0 Å². The van der Waals surface area contributed by atoms with Crippen molar-refractivity contribution >= 4 is 0 Å². The Balaban J connectivity index is 1.99. The molecule has 2 unspecified atom stereocenters. The van der Waals surface area contributed by atoms with E-state index in [-0.39, 0.29) is 17.3 Å². The highest BCUT2D eigenvalue weighted by Crippen LogP contribution is 2.26. The average Bonchev–Trinajstić information content (AvgIpc) is 2.38. The SMILES string of the molecule is CC(C)(CNC1CCCCC1N)c1ccccc1F. The van der Waals surface area contributed by atoms with Crippen molar-refractivity contribution in [1.82, 2.24) is 5.32 Å². The first-order chi connectivity index (χ1) is 9.00. The Bertz CT molecular complexity index is 417.